The number of morpholine rings is 1. The summed E-state index contributed by atoms with van der Waals surface area (Å²) in [5, 5.41) is 30.5. The molecule has 2 saturated heterocycles. The van der Waals surface area contributed by atoms with Gasteiger partial charge in [-0.1, -0.05) is 97.0 Å². The Hall–Kier alpha value is -11.7. The number of nitrogens with one attached hydrogen (secondary N) is 9. The van der Waals surface area contributed by atoms with E-state index in [2.05, 4.69) is 152 Å². The maximum atomic E-state index is 13.3. The lowest BCUT2D eigenvalue weighted by atomic mass is 10.0. The third-order valence-electron chi connectivity index (χ3n) is 24.8. The Balaban J connectivity index is 0.000000133. The van der Waals surface area contributed by atoms with E-state index >= 15 is 0 Å². The van der Waals surface area contributed by atoms with Crippen LogP contribution in [0.1, 0.15) is 126 Å². The van der Waals surface area contributed by atoms with Crippen LogP contribution in [-0.2, 0) is 62.0 Å². The zero-order chi connectivity index (χ0) is 97.2. The third-order valence-corrected chi connectivity index (χ3v) is 26.2. The number of nitrogens with zero attached hydrogens (tertiary/aromatic N) is 16. The van der Waals surface area contributed by atoms with Crippen LogP contribution in [0.5, 0.6) is 0 Å². The maximum absolute atomic E-state index is 13.3. The van der Waals surface area contributed by atoms with E-state index in [4.69, 9.17) is 91.8 Å². The summed E-state index contributed by atoms with van der Waals surface area (Å²) >= 11 is 34.1. The van der Waals surface area contributed by atoms with Crippen LogP contribution in [0.25, 0.3) is 45.0 Å². The number of aromatic nitrogens is 12. The van der Waals surface area contributed by atoms with E-state index in [0.717, 1.165) is 221 Å². The van der Waals surface area contributed by atoms with Crippen LogP contribution >= 0.6 is 72.1 Å². The average Bonchev–Trinajstić information content (AvgIpc) is 1.64. The molecule has 1 saturated carbocycles. The smallest absolute Gasteiger partial charge is 0.373 e. The number of hydrogen-bond donors (Lipinski definition) is 9. The number of ether oxygens (including phenoxy) is 1. The van der Waals surface area contributed by atoms with E-state index in [0.29, 0.717) is 109 Å². The Labute approximate surface area is 829 Å². The standard InChI is InChI=1S/C26H29ClN6OS.C26H28F3N7S.C25H27ClN6S.C23H23F3N6S/c1-15-13-33(14-16(2)34-15)7-6-18-8-22(17(3)28-11-18)31-26-29-12-19-9-24(35)30-23-10-20(27)4-5-21(23)25(19)32-26;1-15-20(6-7-22(31-15)36-10-8-18(9-11-36)35(2)3)33-25-30-14-16-12-23(37)32-21-13-17(26(27,28)29)4-5-19(21)24(16)34-25;1-15-21(10-16(13-28-15)8-9-27-19-4-2-3-5-19)31-25-29-14-17-11-23(33)30-22-12-18(26)6-7-20(22)24(17)32-25;1-32(2)7-3-4-14-8-17(13-27-11-14)29-22-28-12-15-9-20(33)30-19-10-16(23(24,25)26)5-6-18(19)21(15)31-22/h4-5,8,10-12,15-16H,6-7,9,13-14H2,1-3H3,(H,30,35)(H,29,31,32);4-7,13-14,18H,8-12H2,1-3H3,(H,32,37)(H,30,33,34);6-7,10,12-14,19,27H,2-5,8-9,11H2,1H3,(H,30,33)(H,29,31,32);5-6,8,10-13H,3-4,7,9H2,1-2H3,(H,30,33)(H,28,29,31)/t15-,16+;;;. The van der Waals surface area contributed by atoms with Gasteiger partial charge in [0.2, 0.25) is 23.8 Å². The van der Waals surface area contributed by atoms with E-state index in [1.807, 2.05) is 120 Å². The molecule has 1 aliphatic carbocycles. The number of alkyl halides is 6. The molecule has 2 atom stereocenters. The minimum Gasteiger partial charge on any atom is -0.373 e. The van der Waals surface area contributed by atoms with E-state index < -0.39 is 23.5 Å². The van der Waals surface area contributed by atoms with Gasteiger partial charge in [0.15, 0.2) is 0 Å². The predicted molar refractivity (Wildman–Crippen MR) is 554 cm³/mol. The normalized spacial score (nSPS) is 16.3. The number of benzene rings is 4. The number of pyridine rings is 4. The van der Waals surface area contributed by atoms with Gasteiger partial charge in [-0.15, -0.1) is 0 Å². The zero-order valence-electron chi connectivity index (χ0n) is 77.8. The molecule has 0 bridgehead atoms. The summed E-state index contributed by atoms with van der Waals surface area (Å²) < 4.78 is 85.3. The van der Waals surface area contributed by atoms with Crippen LogP contribution < -0.4 is 52.8 Å². The molecule has 38 heteroatoms. The van der Waals surface area contributed by atoms with E-state index in [1.165, 1.54) is 48.9 Å². The highest BCUT2D eigenvalue weighted by molar-refractivity contribution is 7.81. The molecule has 4 aromatic carbocycles. The van der Waals surface area contributed by atoms with Crippen LogP contribution in [0.15, 0.2) is 153 Å². The Bertz CT molecular complexity index is 6510. The van der Waals surface area contributed by atoms with E-state index in [1.54, 1.807) is 18.6 Å². The minimum atomic E-state index is -4.45. The number of aryl methyl sites for hydroxylation is 4. The molecular weight excluding hydrogens is 1880 g/mol. The van der Waals surface area contributed by atoms with Crippen LogP contribution in [0.2, 0.25) is 10.0 Å². The van der Waals surface area contributed by atoms with Crippen molar-refractivity contribution in [3.05, 3.63) is 230 Å². The quantitative estimate of drug-likeness (QED) is 0.0239. The second-order valence-corrected chi connectivity index (χ2v) is 38.8. The van der Waals surface area contributed by atoms with Gasteiger partial charge in [0.05, 0.1) is 112 Å². The molecule has 9 N–H and O–H groups in total. The predicted octanol–water partition coefficient (Wildman–Crippen LogP) is 21.3. The van der Waals surface area contributed by atoms with Gasteiger partial charge in [-0.2, -0.15) is 26.3 Å². The van der Waals surface area contributed by atoms with Crippen LogP contribution in [-0.4, -0.2) is 193 Å². The number of halogens is 8. The molecular formula is C100H107Cl2F6N25OS4. The Morgan fingerprint density at radius 1 is 0.457 bits per heavy atom. The molecule has 718 valence electrons. The highest BCUT2D eigenvalue weighted by Gasteiger charge is 2.36. The number of rotatable bonds is 21. The van der Waals surface area contributed by atoms with Crippen molar-refractivity contribution in [3.63, 3.8) is 0 Å². The van der Waals surface area contributed by atoms with Crippen molar-refractivity contribution in [3.8, 4) is 45.0 Å². The summed E-state index contributed by atoms with van der Waals surface area (Å²) in [5.74, 6) is 2.67. The second-order valence-electron chi connectivity index (χ2n) is 35.9. The average molecular weight is 1990 g/mol. The van der Waals surface area contributed by atoms with Crippen molar-refractivity contribution in [2.45, 2.75) is 161 Å². The molecule has 138 heavy (non-hydrogen) atoms. The van der Waals surface area contributed by atoms with Gasteiger partial charge in [0, 0.05) is 191 Å². The number of piperidine rings is 1. The molecule has 12 aromatic rings. The fourth-order valence-corrected chi connectivity index (χ4v) is 19.1. The number of anilines is 13. The molecule has 8 aromatic heterocycles. The molecule has 0 spiro atoms. The second kappa shape index (κ2) is 44.2. The zero-order valence-corrected chi connectivity index (χ0v) is 82.6. The summed E-state index contributed by atoms with van der Waals surface area (Å²) in [4.78, 5) is 66.7. The lowest BCUT2D eigenvalue weighted by Crippen LogP contribution is -2.46. The first-order valence-corrected chi connectivity index (χ1v) is 48.3. The fraction of sp³-hybridized carbons (Fsp3) is 0.360. The van der Waals surface area contributed by atoms with Gasteiger partial charge in [-0.3, -0.25) is 19.9 Å². The van der Waals surface area contributed by atoms with Gasteiger partial charge in [0.1, 0.15) is 5.82 Å². The Morgan fingerprint density at radius 3 is 1.33 bits per heavy atom. The molecule has 7 aliphatic rings. The first kappa shape index (κ1) is 99.3. The van der Waals surface area contributed by atoms with Crippen molar-refractivity contribution >= 4 is 167 Å². The summed E-state index contributed by atoms with van der Waals surface area (Å²) in [5.41, 5.74) is 19.4. The molecule has 0 amide bonds. The summed E-state index contributed by atoms with van der Waals surface area (Å²) in [6.07, 6.45) is 19.2. The van der Waals surface area contributed by atoms with Crippen molar-refractivity contribution in [2.75, 3.05) is 121 Å². The maximum Gasteiger partial charge on any atom is 0.416 e. The lowest BCUT2D eigenvalue weighted by molar-refractivity contribution is -0.138. The summed E-state index contributed by atoms with van der Waals surface area (Å²) in [6.45, 7) is 16.9. The number of thiocarbonyl (C=S) groups is 4. The highest BCUT2D eigenvalue weighted by atomic mass is 35.5. The van der Waals surface area contributed by atoms with Gasteiger partial charge >= 0.3 is 12.4 Å². The minimum absolute atomic E-state index is 0.267. The number of hydrogen-bond acceptors (Lipinski definition) is 26. The van der Waals surface area contributed by atoms with E-state index in [-0.39, 0.29) is 23.6 Å². The first-order chi connectivity index (χ1) is 66.1. The van der Waals surface area contributed by atoms with Crippen molar-refractivity contribution in [2.24, 2.45) is 0 Å². The van der Waals surface area contributed by atoms with E-state index in [9.17, 15) is 26.3 Å². The summed E-state index contributed by atoms with van der Waals surface area (Å²) in [7, 11) is 8.32. The Kier molecular flexibility index (Phi) is 31.8. The molecule has 19 rings (SSSR count). The highest BCUT2D eigenvalue weighted by Crippen LogP contribution is 2.44. The van der Waals surface area contributed by atoms with Gasteiger partial charge in [0.25, 0.3) is 0 Å². The molecule has 26 nitrogen and oxygen atoms in total. The summed E-state index contributed by atoms with van der Waals surface area (Å²) in [6, 6.07) is 30.0. The van der Waals surface area contributed by atoms with Crippen molar-refractivity contribution in [1.29, 1.82) is 0 Å². The molecule has 0 radical (unpaired) electrons. The Morgan fingerprint density at radius 2 is 0.884 bits per heavy atom. The molecule has 14 heterocycles. The molecule has 6 aliphatic heterocycles. The first-order valence-electron chi connectivity index (χ1n) is 45.9. The number of fused-ring (bicyclic) bond motifs is 12. The monoisotopic (exact) mass is 1990 g/mol. The van der Waals surface area contributed by atoms with Crippen LogP contribution in [0.4, 0.5) is 101 Å². The molecule has 3 fully saturated rings. The van der Waals surface area contributed by atoms with Gasteiger partial charge in [-0.05, 0) is 235 Å². The van der Waals surface area contributed by atoms with Gasteiger partial charge < -0.3 is 67.3 Å². The lowest BCUT2D eigenvalue weighted by Gasteiger charge is -2.36. The third kappa shape index (κ3) is 25.7. The molecule has 0 unspecified atom stereocenters. The largest absolute Gasteiger partial charge is 0.416 e. The van der Waals surface area contributed by atoms with Crippen LogP contribution in [0, 0.1) is 20.8 Å². The van der Waals surface area contributed by atoms with Crippen molar-refractivity contribution < 1.29 is 31.1 Å². The SMILES string of the molecule is CN(C)CCCc1cncc(Nc2ncc3c(n2)-c2ccc(C(F)(F)F)cc2NC(=S)C3)c1.Cc1nc(N2CCC(N(C)C)CC2)ccc1Nc1ncc2c(n1)-c1ccc(C(F)(F)F)cc1NC(=S)C2.Cc1ncc(CCN2C[C@@H](C)O[C@@H](C)C2)cc1Nc1ncc2c(n1)-c1ccc(Cl)cc1NC(=S)C2.Cc1ncc(CCNC2CCCC2)cc1Nc1ncc2c(n1)-c1ccc(Cl)cc1NC(=S)C2. The van der Waals surface area contributed by atoms with Crippen LogP contribution in [0.3, 0.4) is 0 Å². The fourth-order valence-electron chi connectivity index (χ4n) is 17.7. The van der Waals surface area contributed by atoms with Gasteiger partial charge in [-0.25, -0.2) is 44.9 Å². The van der Waals surface area contributed by atoms with Crippen molar-refractivity contribution in [1.82, 2.24) is 79.8 Å². The topological polar surface area (TPSA) is 285 Å².